The summed E-state index contributed by atoms with van der Waals surface area (Å²) in [7, 11) is 4.84. The molecule has 0 aliphatic carbocycles. The number of ether oxygens (including phenoxy) is 1. The summed E-state index contributed by atoms with van der Waals surface area (Å²) in [6, 6.07) is 7.54. The van der Waals surface area contributed by atoms with Gasteiger partial charge in [0.05, 0.1) is 19.5 Å². The molecule has 1 fully saturated rings. The summed E-state index contributed by atoms with van der Waals surface area (Å²) in [5.41, 5.74) is 0.532. The first-order chi connectivity index (χ1) is 13.9. The zero-order valence-corrected chi connectivity index (χ0v) is 16.7. The van der Waals surface area contributed by atoms with Crippen LogP contribution in [-0.4, -0.2) is 43.1 Å². The highest BCUT2D eigenvalue weighted by Crippen LogP contribution is 2.33. The van der Waals surface area contributed by atoms with Gasteiger partial charge in [0.2, 0.25) is 5.91 Å². The molecular weight excluding hydrogens is 374 g/mol. The largest absolute Gasteiger partial charge is 0.497 e. The first-order valence-corrected chi connectivity index (χ1v) is 9.46. The molecule has 0 spiro atoms. The maximum absolute atomic E-state index is 13.1. The summed E-state index contributed by atoms with van der Waals surface area (Å²) < 4.78 is 9.15. The van der Waals surface area contributed by atoms with Crippen LogP contribution >= 0.6 is 0 Å². The predicted molar refractivity (Wildman–Crippen MR) is 107 cm³/mol. The fourth-order valence-electron chi connectivity index (χ4n) is 4.02. The van der Waals surface area contributed by atoms with Crippen molar-refractivity contribution >= 4 is 17.1 Å². The van der Waals surface area contributed by atoms with Gasteiger partial charge in [-0.25, -0.2) is 14.3 Å². The van der Waals surface area contributed by atoms with Crippen LogP contribution in [0.1, 0.15) is 24.4 Å². The zero-order valence-electron chi connectivity index (χ0n) is 16.7. The van der Waals surface area contributed by atoms with Crippen LogP contribution in [0.3, 0.4) is 0 Å². The molecule has 0 bridgehead atoms. The van der Waals surface area contributed by atoms with E-state index in [1.807, 2.05) is 24.3 Å². The third kappa shape index (κ3) is 3.12. The number of likely N-dealkylation sites (tertiary alicyclic amines) is 1. The molecule has 1 saturated heterocycles. The predicted octanol–water partition coefficient (Wildman–Crippen LogP) is 0.806. The highest BCUT2D eigenvalue weighted by molar-refractivity contribution is 5.77. The Hall–Kier alpha value is -3.36. The molecule has 9 nitrogen and oxygen atoms in total. The molecule has 1 aliphatic rings. The standard InChI is InChI=1S/C20H23N5O4/c1-22-12-21-18-17(22)19(27)25(20(28)23(18)2)11-16(26)24-9-5-8-15(24)13-6-4-7-14(10-13)29-3/h4,6-7,10,12,15H,5,8-9,11H2,1-3H3. The summed E-state index contributed by atoms with van der Waals surface area (Å²) in [6.45, 7) is 0.289. The van der Waals surface area contributed by atoms with Gasteiger partial charge in [0, 0.05) is 20.6 Å². The van der Waals surface area contributed by atoms with Crippen molar-refractivity contribution in [3.05, 3.63) is 57.0 Å². The van der Waals surface area contributed by atoms with E-state index in [2.05, 4.69) is 4.98 Å². The van der Waals surface area contributed by atoms with Gasteiger partial charge < -0.3 is 14.2 Å². The average molecular weight is 397 g/mol. The highest BCUT2D eigenvalue weighted by Gasteiger charge is 2.31. The summed E-state index contributed by atoms with van der Waals surface area (Å²) in [5, 5.41) is 0. The number of carbonyl (C=O) groups excluding carboxylic acids is 1. The number of benzene rings is 1. The maximum Gasteiger partial charge on any atom is 0.332 e. The number of aromatic nitrogens is 4. The molecule has 0 N–H and O–H groups in total. The maximum atomic E-state index is 13.1. The van der Waals surface area contributed by atoms with Gasteiger partial charge in [0.1, 0.15) is 12.3 Å². The van der Waals surface area contributed by atoms with E-state index in [-0.39, 0.29) is 18.5 Å². The van der Waals surface area contributed by atoms with Crippen LogP contribution in [0.4, 0.5) is 0 Å². The number of methoxy groups -OCH3 is 1. The number of amides is 1. The van der Waals surface area contributed by atoms with Crippen LogP contribution in [0.5, 0.6) is 5.75 Å². The Labute approximate surface area is 166 Å². The Kier molecular flexibility index (Phi) is 4.73. The number of carbonyl (C=O) groups is 1. The average Bonchev–Trinajstić information content (AvgIpc) is 3.36. The van der Waals surface area contributed by atoms with Crippen molar-refractivity contribution in [3.63, 3.8) is 0 Å². The normalized spacial score (nSPS) is 16.5. The number of hydrogen-bond donors (Lipinski definition) is 0. The molecule has 2 aromatic heterocycles. The van der Waals surface area contributed by atoms with E-state index in [9.17, 15) is 14.4 Å². The van der Waals surface area contributed by atoms with Crippen LogP contribution in [0.2, 0.25) is 0 Å². The second-order valence-electron chi connectivity index (χ2n) is 7.28. The molecule has 3 aromatic rings. The van der Waals surface area contributed by atoms with Crippen LogP contribution in [0.25, 0.3) is 11.2 Å². The van der Waals surface area contributed by atoms with E-state index in [1.54, 1.807) is 30.7 Å². The molecule has 0 saturated carbocycles. The number of fused-ring (bicyclic) bond motifs is 1. The van der Waals surface area contributed by atoms with Crippen molar-refractivity contribution in [2.24, 2.45) is 14.1 Å². The number of aryl methyl sites for hydroxylation is 2. The second kappa shape index (κ2) is 7.23. The smallest absolute Gasteiger partial charge is 0.332 e. The molecule has 152 valence electrons. The van der Waals surface area contributed by atoms with Gasteiger partial charge in [0.15, 0.2) is 11.2 Å². The van der Waals surface area contributed by atoms with E-state index >= 15 is 0 Å². The van der Waals surface area contributed by atoms with Gasteiger partial charge in [-0.3, -0.25) is 14.2 Å². The molecular formula is C20H23N5O4. The van der Waals surface area contributed by atoms with Gasteiger partial charge in [-0.15, -0.1) is 0 Å². The summed E-state index contributed by atoms with van der Waals surface area (Å²) in [6.07, 6.45) is 3.17. The van der Waals surface area contributed by atoms with Gasteiger partial charge in [-0.1, -0.05) is 12.1 Å². The molecule has 0 radical (unpaired) electrons. The van der Waals surface area contributed by atoms with Crippen molar-refractivity contribution in [3.8, 4) is 5.75 Å². The van der Waals surface area contributed by atoms with Gasteiger partial charge in [0.25, 0.3) is 5.56 Å². The van der Waals surface area contributed by atoms with Crippen molar-refractivity contribution in [2.45, 2.75) is 25.4 Å². The monoisotopic (exact) mass is 397 g/mol. The van der Waals surface area contributed by atoms with Crippen LogP contribution in [0, 0.1) is 0 Å². The van der Waals surface area contributed by atoms with Crippen molar-refractivity contribution in [1.82, 2.24) is 23.6 Å². The molecule has 1 atom stereocenters. The number of nitrogens with zero attached hydrogens (tertiary/aromatic N) is 5. The van der Waals surface area contributed by atoms with E-state index in [4.69, 9.17) is 4.74 Å². The van der Waals surface area contributed by atoms with Crippen LogP contribution in [0.15, 0.2) is 40.2 Å². The van der Waals surface area contributed by atoms with Gasteiger partial charge >= 0.3 is 5.69 Å². The third-order valence-electron chi connectivity index (χ3n) is 5.55. The highest BCUT2D eigenvalue weighted by atomic mass is 16.5. The number of imidazole rings is 1. The summed E-state index contributed by atoms with van der Waals surface area (Å²) in [4.78, 5) is 44.5. The van der Waals surface area contributed by atoms with Crippen molar-refractivity contribution in [1.29, 1.82) is 0 Å². The second-order valence-corrected chi connectivity index (χ2v) is 7.28. The fraction of sp³-hybridized carbons (Fsp3) is 0.400. The van der Waals surface area contributed by atoms with E-state index < -0.39 is 11.2 Å². The quantitative estimate of drug-likeness (QED) is 0.650. The molecule has 1 aliphatic heterocycles. The van der Waals surface area contributed by atoms with E-state index in [0.29, 0.717) is 17.7 Å². The number of hydrogen-bond acceptors (Lipinski definition) is 5. The minimum atomic E-state index is -0.549. The van der Waals surface area contributed by atoms with Crippen molar-refractivity contribution in [2.75, 3.05) is 13.7 Å². The minimum Gasteiger partial charge on any atom is -0.497 e. The first-order valence-electron chi connectivity index (χ1n) is 9.46. The lowest BCUT2D eigenvalue weighted by molar-refractivity contribution is -0.132. The summed E-state index contributed by atoms with van der Waals surface area (Å²) >= 11 is 0. The fourth-order valence-corrected chi connectivity index (χ4v) is 4.02. The Balaban J connectivity index is 1.68. The van der Waals surface area contributed by atoms with E-state index in [0.717, 1.165) is 28.7 Å². The molecule has 1 aromatic carbocycles. The van der Waals surface area contributed by atoms with Crippen molar-refractivity contribution < 1.29 is 9.53 Å². The van der Waals surface area contributed by atoms with E-state index in [1.165, 1.54) is 10.9 Å². The molecule has 4 rings (SSSR count). The molecule has 1 unspecified atom stereocenters. The van der Waals surface area contributed by atoms with Gasteiger partial charge in [-0.2, -0.15) is 0 Å². The van der Waals surface area contributed by atoms with Gasteiger partial charge in [-0.05, 0) is 30.5 Å². The lowest BCUT2D eigenvalue weighted by atomic mass is 10.0. The topological polar surface area (TPSA) is 91.4 Å². The Bertz CT molecular complexity index is 1210. The van der Waals surface area contributed by atoms with Crippen LogP contribution in [-0.2, 0) is 25.4 Å². The Morgan fingerprint density at radius 2 is 2.07 bits per heavy atom. The zero-order chi connectivity index (χ0) is 20.7. The lowest BCUT2D eigenvalue weighted by Crippen LogP contribution is -2.44. The lowest BCUT2D eigenvalue weighted by Gasteiger charge is -2.25. The molecule has 9 heteroatoms. The Morgan fingerprint density at radius 3 is 2.83 bits per heavy atom. The van der Waals surface area contributed by atoms with Crippen LogP contribution < -0.4 is 16.0 Å². The molecule has 3 heterocycles. The molecule has 1 amide bonds. The SMILES string of the molecule is COc1cccc(C2CCCN2C(=O)Cn2c(=O)c3c(ncn3C)n(C)c2=O)c1. The summed E-state index contributed by atoms with van der Waals surface area (Å²) in [5.74, 6) is 0.476. The third-order valence-corrected chi connectivity index (χ3v) is 5.55. The number of rotatable bonds is 4. The first kappa shape index (κ1) is 19.0. The Morgan fingerprint density at radius 1 is 1.28 bits per heavy atom. The molecule has 29 heavy (non-hydrogen) atoms. The minimum absolute atomic E-state index is 0.0995.